The molecule has 0 aliphatic carbocycles. The second kappa shape index (κ2) is 8.31. The molecule has 0 fully saturated rings. The lowest BCUT2D eigenvalue weighted by Gasteiger charge is -2.20. The van der Waals surface area contributed by atoms with Gasteiger partial charge in [-0.25, -0.2) is 0 Å². The summed E-state index contributed by atoms with van der Waals surface area (Å²) in [6.07, 6.45) is 0. The molecule has 0 amide bonds. The Morgan fingerprint density at radius 3 is 2.58 bits per heavy atom. The first-order valence-electron chi connectivity index (χ1n) is 6.73. The SMILES string of the molecule is CCN(CC)CCNC(C#N)c1ccc(C)cc1Br. The van der Waals surface area contributed by atoms with Crippen LogP contribution in [0.1, 0.15) is 31.0 Å². The van der Waals surface area contributed by atoms with Crippen molar-refractivity contribution in [2.24, 2.45) is 0 Å². The lowest BCUT2D eigenvalue weighted by molar-refractivity contribution is 0.300. The molecule has 104 valence electrons. The molecular weight excluding hydrogens is 302 g/mol. The van der Waals surface area contributed by atoms with E-state index in [1.807, 2.05) is 25.1 Å². The Kier molecular flexibility index (Phi) is 7.07. The van der Waals surface area contributed by atoms with E-state index in [9.17, 15) is 5.26 Å². The van der Waals surface area contributed by atoms with E-state index in [4.69, 9.17) is 0 Å². The lowest BCUT2D eigenvalue weighted by Crippen LogP contribution is -2.33. The highest BCUT2D eigenvalue weighted by atomic mass is 79.9. The molecule has 4 heteroatoms. The summed E-state index contributed by atoms with van der Waals surface area (Å²) < 4.78 is 0.995. The van der Waals surface area contributed by atoms with Crippen LogP contribution in [-0.2, 0) is 0 Å². The monoisotopic (exact) mass is 323 g/mol. The number of halogens is 1. The molecule has 1 atom stereocenters. The van der Waals surface area contributed by atoms with E-state index in [1.54, 1.807) is 0 Å². The summed E-state index contributed by atoms with van der Waals surface area (Å²) in [6.45, 7) is 10.2. The third-order valence-electron chi connectivity index (χ3n) is 3.27. The molecule has 1 N–H and O–H groups in total. The van der Waals surface area contributed by atoms with E-state index < -0.39 is 0 Å². The summed E-state index contributed by atoms with van der Waals surface area (Å²) in [5.74, 6) is 0. The predicted octanol–water partition coefficient (Wildman–Crippen LogP) is 3.25. The number of aryl methyl sites for hydroxylation is 1. The van der Waals surface area contributed by atoms with Gasteiger partial charge in [0.05, 0.1) is 6.07 Å². The maximum Gasteiger partial charge on any atom is 0.122 e. The Morgan fingerprint density at radius 2 is 2.05 bits per heavy atom. The van der Waals surface area contributed by atoms with Gasteiger partial charge in [0.1, 0.15) is 6.04 Å². The third-order valence-corrected chi connectivity index (χ3v) is 3.95. The van der Waals surface area contributed by atoms with Gasteiger partial charge in [0.15, 0.2) is 0 Å². The van der Waals surface area contributed by atoms with Gasteiger partial charge >= 0.3 is 0 Å². The zero-order valence-electron chi connectivity index (χ0n) is 11.9. The zero-order chi connectivity index (χ0) is 14.3. The van der Waals surface area contributed by atoms with Crippen LogP contribution >= 0.6 is 15.9 Å². The number of rotatable bonds is 7. The van der Waals surface area contributed by atoms with Crippen LogP contribution in [0.25, 0.3) is 0 Å². The highest BCUT2D eigenvalue weighted by Crippen LogP contribution is 2.24. The standard InChI is InChI=1S/C15H22BrN3/c1-4-19(5-2)9-8-18-15(11-17)13-7-6-12(3)10-14(13)16/h6-7,10,15,18H,4-5,8-9H2,1-3H3. The van der Waals surface area contributed by atoms with Crippen LogP contribution in [0.4, 0.5) is 0 Å². The molecule has 19 heavy (non-hydrogen) atoms. The zero-order valence-corrected chi connectivity index (χ0v) is 13.5. The molecule has 0 spiro atoms. The van der Waals surface area contributed by atoms with E-state index in [0.717, 1.165) is 36.2 Å². The Balaban J connectivity index is 2.61. The molecule has 0 saturated heterocycles. The number of benzene rings is 1. The first-order chi connectivity index (χ1) is 9.12. The molecule has 1 unspecified atom stereocenters. The Morgan fingerprint density at radius 1 is 1.37 bits per heavy atom. The van der Waals surface area contributed by atoms with Gasteiger partial charge in [-0.15, -0.1) is 0 Å². The highest BCUT2D eigenvalue weighted by Gasteiger charge is 2.13. The molecule has 1 aromatic rings. The summed E-state index contributed by atoms with van der Waals surface area (Å²) in [7, 11) is 0. The number of nitrogens with one attached hydrogen (secondary N) is 1. The summed E-state index contributed by atoms with van der Waals surface area (Å²) in [5.41, 5.74) is 2.20. The molecule has 0 aromatic heterocycles. The molecule has 0 bridgehead atoms. The highest BCUT2D eigenvalue weighted by molar-refractivity contribution is 9.10. The Labute approximate surface area is 124 Å². The van der Waals surface area contributed by atoms with Crippen LogP contribution in [-0.4, -0.2) is 31.1 Å². The van der Waals surface area contributed by atoms with Crippen LogP contribution in [0.3, 0.4) is 0 Å². The van der Waals surface area contributed by atoms with Crippen molar-refractivity contribution in [3.05, 3.63) is 33.8 Å². The second-order valence-electron chi connectivity index (χ2n) is 4.57. The maximum absolute atomic E-state index is 9.31. The van der Waals surface area contributed by atoms with Gasteiger partial charge in [-0.3, -0.25) is 5.32 Å². The summed E-state index contributed by atoms with van der Waals surface area (Å²) in [6, 6.07) is 8.17. The van der Waals surface area contributed by atoms with Crippen LogP contribution in [0.15, 0.2) is 22.7 Å². The predicted molar refractivity (Wildman–Crippen MR) is 83.0 cm³/mol. The van der Waals surface area contributed by atoms with Crippen molar-refractivity contribution in [1.29, 1.82) is 5.26 Å². The topological polar surface area (TPSA) is 39.1 Å². The van der Waals surface area contributed by atoms with Crippen LogP contribution in [0, 0.1) is 18.3 Å². The largest absolute Gasteiger partial charge is 0.303 e. The van der Waals surface area contributed by atoms with Crippen LogP contribution < -0.4 is 5.32 Å². The number of nitrogens with zero attached hydrogens (tertiary/aromatic N) is 2. The van der Waals surface area contributed by atoms with E-state index in [2.05, 4.69) is 46.1 Å². The number of hydrogen-bond donors (Lipinski definition) is 1. The minimum absolute atomic E-state index is 0.259. The van der Waals surface area contributed by atoms with E-state index >= 15 is 0 Å². The number of likely N-dealkylation sites (N-methyl/N-ethyl adjacent to an activating group) is 1. The lowest BCUT2D eigenvalue weighted by atomic mass is 10.1. The van der Waals surface area contributed by atoms with Crippen molar-refractivity contribution in [2.45, 2.75) is 26.8 Å². The third kappa shape index (κ3) is 4.94. The first kappa shape index (κ1) is 16.2. The van der Waals surface area contributed by atoms with Gasteiger partial charge in [0, 0.05) is 17.6 Å². The van der Waals surface area contributed by atoms with Crippen LogP contribution in [0.5, 0.6) is 0 Å². The number of hydrogen-bond acceptors (Lipinski definition) is 3. The molecule has 1 aromatic carbocycles. The summed E-state index contributed by atoms with van der Waals surface area (Å²) >= 11 is 3.54. The second-order valence-corrected chi connectivity index (χ2v) is 5.42. The first-order valence-corrected chi connectivity index (χ1v) is 7.53. The normalized spacial score (nSPS) is 12.4. The minimum atomic E-state index is -0.259. The van der Waals surface area contributed by atoms with Crippen molar-refractivity contribution >= 4 is 15.9 Å². The quantitative estimate of drug-likeness (QED) is 0.837. The summed E-state index contributed by atoms with van der Waals surface area (Å²) in [5, 5.41) is 12.6. The fourth-order valence-electron chi connectivity index (χ4n) is 2.00. The molecule has 0 radical (unpaired) electrons. The van der Waals surface area contributed by atoms with Crippen molar-refractivity contribution in [1.82, 2.24) is 10.2 Å². The van der Waals surface area contributed by atoms with Gasteiger partial charge in [0.2, 0.25) is 0 Å². The van der Waals surface area contributed by atoms with Crippen molar-refractivity contribution in [3.8, 4) is 6.07 Å². The molecule has 1 rings (SSSR count). The van der Waals surface area contributed by atoms with Gasteiger partial charge in [-0.05, 0) is 37.2 Å². The Hall–Kier alpha value is -0.890. The smallest absolute Gasteiger partial charge is 0.122 e. The van der Waals surface area contributed by atoms with Gasteiger partial charge in [-0.2, -0.15) is 5.26 Å². The number of nitriles is 1. The van der Waals surface area contributed by atoms with Crippen molar-refractivity contribution in [3.63, 3.8) is 0 Å². The molecule has 0 aliphatic rings. The molecular formula is C15H22BrN3. The van der Waals surface area contributed by atoms with Gasteiger partial charge in [-0.1, -0.05) is 41.9 Å². The fourth-order valence-corrected chi connectivity index (χ4v) is 2.72. The van der Waals surface area contributed by atoms with Crippen molar-refractivity contribution in [2.75, 3.05) is 26.2 Å². The minimum Gasteiger partial charge on any atom is -0.303 e. The van der Waals surface area contributed by atoms with Gasteiger partial charge in [0.25, 0.3) is 0 Å². The average Bonchev–Trinajstić information content (AvgIpc) is 2.40. The van der Waals surface area contributed by atoms with Crippen molar-refractivity contribution < 1.29 is 0 Å². The van der Waals surface area contributed by atoms with E-state index in [0.29, 0.717) is 0 Å². The molecule has 0 heterocycles. The fraction of sp³-hybridized carbons (Fsp3) is 0.533. The molecule has 0 saturated carbocycles. The maximum atomic E-state index is 9.31. The molecule has 3 nitrogen and oxygen atoms in total. The van der Waals surface area contributed by atoms with Crippen LogP contribution in [0.2, 0.25) is 0 Å². The van der Waals surface area contributed by atoms with E-state index in [-0.39, 0.29) is 6.04 Å². The average molecular weight is 324 g/mol. The molecule has 0 aliphatic heterocycles. The van der Waals surface area contributed by atoms with Gasteiger partial charge < -0.3 is 4.90 Å². The summed E-state index contributed by atoms with van der Waals surface area (Å²) in [4.78, 5) is 2.34. The van der Waals surface area contributed by atoms with E-state index in [1.165, 1.54) is 5.56 Å². The Bertz CT molecular complexity index is 436.